The lowest BCUT2D eigenvalue weighted by atomic mass is 9.81. The Kier molecular flexibility index (Phi) is 4.59. The van der Waals surface area contributed by atoms with Crippen LogP contribution in [0, 0.1) is 18.8 Å². The van der Waals surface area contributed by atoms with Crippen molar-refractivity contribution < 1.29 is 0 Å². The van der Waals surface area contributed by atoms with Crippen LogP contribution < -0.4 is 5.32 Å². The zero-order valence-electron chi connectivity index (χ0n) is 13.3. The van der Waals surface area contributed by atoms with Crippen molar-refractivity contribution in [1.29, 1.82) is 0 Å². The second-order valence-electron chi connectivity index (χ2n) is 6.66. The van der Waals surface area contributed by atoms with Crippen molar-refractivity contribution >= 4 is 5.65 Å². The van der Waals surface area contributed by atoms with E-state index in [-0.39, 0.29) is 0 Å². The van der Waals surface area contributed by atoms with Crippen LogP contribution in [0.15, 0.2) is 24.4 Å². The van der Waals surface area contributed by atoms with Gasteiger partial charge in [-0.05, 0) is 43.9 Å². The van der Waals surface area contributed by atoms with E-state index in [9.17, 15) is 0 Å². The van der Waals surface area contributed by atoms with E-state index >= 15 is 0 Å². The van der Waals surface area contributed by atoms with E-state index in [2.05, 4.69) is 46.9 Å². The summed E-state index contributed by atoms with van der Waals surface area (Å²) in [5, 5.41) is 3.62. The van der Waals surface area contributed by atoms with Crippen LogP contribution in [0.3, 0.4) is 0 Å². The van der Waals surface area contributed by atoms with Gasteiger partial charge in [0, 0.05) is 12.7 Å². The van der Waals surface area contributed by atoms with Gasteiger partial charge >= 0.3 is 0 Å². The first kappa shape index (κ1) is 14.6. The predicted octanol–water partition coefficient (Wildman–Crippen LogP) is 3.95. The number of hydrogen-bond donors (Lipinski definition) is 1. The van der Waals surface area contributed by atoms with Crippen LogP contribution in [0.5, 0.6) is 0 Å². The summed E-state index contributed by atoms with van der Waals surface area (Å²) >= 11 is 0. The average molecular weight is 285 g/mol. The molecule has 0 aliphatic heterocycles. The molecule has 0 atom stereocenters. The summed E-state index contributed by atoms with van der Waals surface area (Å²) in [5.41, 5.74) is 3.48. The smallest absolute Gasteiger partial charge is 0.137 e. The number of hydrogen-bond acceptors (Lipinski definition) is 2. The van der Waals surface area contributed by atoms with Crippen LogP contribution >= 0.6 is 0 Å². The number of imidazole rings is 1. The molecule has 3 rings (SSSR count). The molecule has 1 N–H and O–H groups in total. The molecule has 0 unspecified atom stereocenters. The normalized spacial score (nSPS) is 22.8. The Bertz CT molecular complexity index is 579. The molecule has 1 saturated carbocycles. The predicted molar refractivity (Wildman–Crippen MR) is 87.4 cm³/mol. The molecule has 0 amide bonds. The zero-order chi connectivity index (χ0) is 14.7. The lowest BCUT2D eigenvalue weighted by molar-refractivity contribution is 0.275. The summed E-state index contributed by atoms with van der Waals surface area (Å²) in [6.07, 6.45) is 9.14. The van der Waals surface area contributed by atoms with Gasteiger partial charge in [-0.25, -0.2) is 4.98 Å². The number of rotatable bonds is 5. The van der Waals surface area contributed by atoms with Crippen molar-refractivity contribution in [2.75, 3.05) is 6.54 Å². The molecule has 2 aromatic heterocycles. The van der Waals surface area contributed by atoms with Gasteiger partial charge in [0.1, 0.15) is 5.65 Å². The van der Waals surface area contributed by atoms with E-state index in [1.807, 2.05) is 6.07 Å². The fourth-order valence-electron chi connectivity index (χ4n) is 3.51. The standard InChI is InChI=1S/C18H27N3/c1-14-6-8-16(9-7-14)10-11-19-13-17-15(2)20-18-5-3-4-12-21(17)18/h3-5,12,14,16,19H,6-11,13H2,1-2H3. The van der Waals surface area contributed by atoms with Gasteiger partial charge in [0.05, 0.1) is 11.4 Å². The fourth-order valence-corrected chi connectivity index (χ4v) is 3.51. The van der Waals surface area contributed by atoms with Gasteiger partial charge in [0.2, 0.25) is 0 Å². The van der Waals surface area contributed by atoms with Crippen molar-refractivity contribution in [2.45, 2.75) is 52.5 Å². The van der Waals surface area contributed by atoms with E-state index in [1.54, 1.807) is 0 Å². The molecule has 3 nitrogen and oxygen atoms in total. The van der Waals surface area contributed by atoms with Crippen LogP contribution in [0.25, 0.3) is 5.65 Å². The molecule has 2 heterocycles. The maximum atomic E-state index is 4.61. The molecule has 0 bridgehead atoms. The van der Waals surface area contributed by atoms with Crippen LogP contribution in [0.1, 0.15) is 50.4 Å². The monoisotopic (exact) mass is 285 g/mol. The average Bonchev–Trinajstić information content (AvgIpc) is 2.81. The Morgan fingerprint density at radius 1 is 1.24 bits per heavy atom. The number of nitrogens with zero attached hydrogens (tertiary/aromatic N) is 2. The number of aromatic nitrogens is 2. The Morgan fingerprint density at radius 3 is 2.86 bits per heavy atom. The molecule has 21 heavy (non-hydrogen) atoms. The van der Waals surface area contributed by atoms with Gasteiger partial charge in [-0.3, -0.25) is 0 Å². The minimum Gasteiger partial charge on any atom is -0.311 e. The highest BCUT2D eigenvalue weighted by atomic mass is 15.0. The van der Waals surface area contributed by atoms with Gasteiger partial charge in [0.25, 0.3) is 0 Å². The molecule has 0 saturated heterocycles. The molecule has 1 aliphatic rings. The molecule has 1 aliphatic carbocycles. The number of nitrogens with one attached hydrogen (secondary N) is 1. The van der Waals surface area contributed by atoms with Crippen LogP contribution in [0.4, 0.5) is 0 Å². The maximum absolute atomic E-state index is 4.61. The van der Waals surface area contributed by atoms with Crippen LogP contribution in [-0.2, 0) is 6.54 Å². The Labute approximate surface area is 127 Å². The third-order valence-electron chi connectivity index (χ3n) is 4.99. The molecule has 114 valence electrons. The van der Waals surface area contributed by atoms with Crippen molar-refractivity contribution in [3.05, 3.63) is 35.8 Å². The number of fused-ring (bicyclic) bond motifs is 1. The summed E-state index contributed by atoms with van der Waals surface area (Å²) in [6.45, 7) is 6.53. The van der Waals surface area contributed by atoms with Crippen molar-refractivity contribution in [2.24, 2.45) is 11.8 Å². The van der Waals surface area contributed by atoms with E-state index in [0.717, 1.165) is 36.3 Å². The first-order valence-electron chi connectivity index (χ1n) is 8.37. The molecule has 0 aromatic carbocycles. The maximum Gasteiger partial charge on any atom is 0.137 e. The number of aryl methyl sites for hydroxylation is 1. The summed E-state index contributed by atoms with van der Waals surface area (Å²) in [5.74, 6) is 1.90. The van der Waals surface area contributed by atoms with Gasteiger partial charge in [-0.1, -0.05) is 38.7 Å². The number of pyridine rings is 1. The highest BCUT2D eigenvalue weighted by Crippen LogP contribution is 2.29. The van der Waals surface area contributed by atoms with E-state index in [0.29, 0.717) is 0 Å². The Balaban J connectivity index is 1.49. The summed E-state index contributed by atoms with van der Waals surface area (Å²) in [4.78, 5) is 4.61. The molecular weight excluding hydrogens is 258 g/mol. The molecule has 1 fully saturated rings. The first-order chi connectivity index (χ1) is 10.2. The highest BCUT2D eigenvalue weighted by molar-refractivity contribution is 5.42. The minimum atomic E-state index is 0.917. The third kappa shape index (κ3) is 3.46. The molecular formula is C18H27N3. The van der Waals surface area contributed by atoms with Crippen LogP contribution in [-0.4, -0.2) is 15.9 Å². The summed E-state index contributed by atoms with van der Waals surface area (Å²) in [6, 6.07) is 6.18. The minimum absolute atomic E-state index is 0.917. The van der Waals surface area contributed by atoms with Gasteiger partial charge < -0.3 is 9.72 Å². The SMILES string of the molecule is Cc1nc2ccccn2c1CNCCC1CCC(C)CC1. The van der Waals surface area contributed by atoms with E-state index in [1.165, 1.54) is 37.8 Å². The molecule has 0 spiro atoms. The zero-order valence-corrected chi connectivity index (χ0v) is 13.3. The van der Waals surface area contributed by atoms with Crippen molar-refractivity contribution in [3.63, 3.8) is 0 Å². The topological polar surface area (TPSA) is 29.3 Å². The third-order valence-corrected chi connectivity index (χ3v) is 4.99. The second kappa shape index (κ2) is 6.61. The second-order valence-corrected chi connectivity index (χ2v) is 6.66. The Hall–Kier alpha value is -1.35. The van der Waals surface area contributed by atoms with Crippen molar-refractivity contribution in [1.82, 2.24) is 14.7 Å². The van der Waals surface area contributed by atoms with Gasteiger partial charge in [0.15, 0.2) is 0 Å². The van der Waals surface area contributed by atoms with E-state index in [4.69, 9.17) is 0 Å². The van der Waals surface area contributed by atoms with Crippen molar-refractivity contribution in [3.8, 4) is 0 Å². The first-order valence-corrected chi connectivity index (χ1v) is 8.37. The lowest BCUT2D eigenvalue weighted by Crippen LogP contribution is -2.21. The summed E-state index contributed by atoms with van der Waals surface area (Å²) in [7, 11) is 0. The largest absolute Gasteiger partial charge is 0.311 e. The van der Waals surface area contributed by atoms with Gasteiger partial charge in [-0.15, -0.1) is 0 Å². The highest BCUT2D eigenvalue weighted by Gasteiger charge is 2.17. The molecule has 2 aromatic rings. The fraction of sp³-hybridized carbons (Fsp3) is 0.611. The van der Waals surface area contributed by atoms with Gasteiger partial charge in [-0.2, -0.15) is 0 Å². The van der Waals surface area contributed by atoms with E-state index < -0.39 is 0 Å². The quantitative estimate of drug-likeness (QED) is 0.843. The molecule has 3 heteroatoms. The Morgan fingerprint density at radius 2 is 2.05 bits per heavy atom. The molecule has 0 radical (unpaired) electrons. The summed E-state index contributed by atoms with van der Waals surface area (Å²) < 4.78 is 2.20. The lowest BCUT2D eigenvalue weighted by Gasteiger charge is -2.26. The van der Waals surface area contributed by atoms with Crippen LogP contribution in [0.2, 0.25) is 0 Å².